The van der Waals surface area contributed by atoms with Crippen molar-refractivity contribution in [3.63, 3.8) is 0 Å². The Bertz CT molecular complexity index is 214. The van der Waals surface area contributed by atoms with Gasteiger partial charge in [-0.3, -0.25) is 0 Å². The van der Waals surface area contributed by atoms with Crippen molar-refractivity contribution >= 4 is 22.6 Å². The standard InChI is InChI=1S/C13H23IO2/c1-4-5-6-7-8-9-10-11-12-13(14,15-2)16-3/h4-5,8-12H2,1-3H3. The summed E-state index contributed by atoms with van der Waals surface area (Å²) in [5, 5.41) is 0. The number of unbranched alkanes of at least 4 members (excludes halogenated alkanes) is 4. The van der Waals surface area contributed by atoms with E-state index in [9.17, 15) is 0 Å². The van der Waals surface area contributed by atoms with Gasteiger partial charge in [-0.1, -0.05) is 13.3 Å². The molecule has 0 spiro atoms. The summed E-state index contributed by atoms with van der Waals surface area (Å²) >= 11 is 2.21. The van der Waals surface area contributed by atoms with E-state index in [1.807, 2.05) is 0 Å². The first-order valence-corrected chi connectivity index (χ1v) is 7.01. The van der Waals surface area contributed by atoms with Gasteiger partial charge in [0.15, 0.2) is 0 Å². The molecule has 0 saturated carbocycles. The lowest BCUT2D eigenvalue weighted by Gasteiger charge is -2.23. The first kappa shape index (κ1) is 16.2. The van der Waals surface area contributed by atoms with E-state index < -0.39 is 3.79 Å². The van der Waals surface area contributed by atoms with E-state index in [0.717, 1.165) is 32.1 Å². The van der Waals surface area contributed by atoms with Crippen LogP contribution in [0.5, 0.6) is 0 Å². The summed E-state index contributed by atoms with van der Waals surface area (Å²) in [6, 6.07) is 0. The molecule has 0 saturated heterocycles. The Balaban J connectivity index is 3.44. The Morgan fingerprint density at radius 3 is 2.19 bits per heavy atom. The van der Waals surface area contributed by atoms with Crippen LogP contribution in [-0.2, 0) is 9.47 Å². The van der Waals surface area contributed by atoms with E-state index in [4.69, 9.17) is 9.47 Å². The van der Waals surface area contributed by atoms with E-state index >= 15 is 0 Å². The normalized spacial score (nSPS) is 11.0. The minimum absolute atomic E-state index is 0.439. The molecule has 94 valence electrons. The largest absolute Gasteiger partial charge is 0.345 e. The van der Waals surface area contributed by atoms with Crippen molar-refractivity contribution in [1.82, 2.24) is 0 Å². The van der Waals surface area contributed by atoms with Crippen molar-refractivity contribution in [2.75, 3.05) is 14.2 Å². The molecule has 0 rings (SSSR count). The lowest BCUT2D eigenvalue weighted by Crippen LogP contribution is -2.25. The Labute approximate surface area is 114 Å². The molecule has 0 fully saturated rings. The zero-order chi connectivity index (χ0) is 12.3. The minimum Gasteiger partial charge on any atom is -0.345 e. The van der Waals surface area contributed by atoms with Gasteiger partial charge in [0.1, 0.15) is 0 Å². The molecular weight excluding hydrogens is 315 g/mol. The molecule has 0 N–H and O–H groups in total. The number of hydrogen-bond donors (Lipinski definition) is 0. The van der Waals surface area contributed by atoms with E-state index in [0.29, 0.717) is 0 Å². The maximum absolute atomic E-state index is 5.28. The van der Waals surface area contributed by atoms with E-state index in [1.54, 1.807) is 14.2 Å². The Morgan fingerprint density at radius 2 is 1.62 bits per heavy atom. The average molecular weight is 338 g/mol. The lowest BCUT2D eigenvalue weighted by atomic mass is 10.1. The van der Waals surface area contributed by atoms with Crippen LogP contribution in [-0.4, -0.2) is 18.0 Å². The molecule has 0 unspecified atom stereocenters. The summed E-state index contributed by atoms with van der Waals surface area (Å²) in [6.45, 7) is 2.16. The van der Waals surface area contributed by atoms with Gasteiger partial charge in [0.25, 0.3) is 0 Å². The van der Waals surface area contributed by atoms with Crippen LogP contribution < -0.4 is 0 Å². The summed E-state index contributed by atoms with van der Waals surface area (Å²) in [7, 11) is 3.37. The molecule has 0 radical (unpaired) electrons. The zero-order valence-corrected chi connectivity index (χ0v) is 12.8. The smallest absolute Gasteiger partial charge is 0.220 e. The first-order valence-electron chi connectivity index (χ1n) is 5.93. The predicted molar refractivity (Wildman–Crippen MR) is 76.5 cm³/mol. The van der Waals surface area contributed by atoms with Crippen molar-refractivity contribution in [3.05, 3.63) is 0 Å². The van der Waals surface area contributed by atoms with Crippen LogP contribution in [0, 0.1) is 11.8 Å². The van der Waals surface area contributed by atoms with Gasteiger partial charge in [-0.2, -0.15) is 0 Å². The van der Waals surface area contributed by atoms with Crippen LogP contribution >= 0.6 is 22.6 Å². The molecule has 3 heteroatoms. The maximum Gasteiger partial charge on any atom is 0.220 e. The number of rotatable bonds is 8. The number of alkyl halides is 1. The summed E-state index contributed by atoms with van der Waals surface area (Å²) in [5.41, 5.74) is 0. The molecule has 0 bridgehead atoms. The highest BCUT2D eigenvalue weighted by Gasteiger charge is 2.23. The van der Waals surface area contributed by atoms with Gasteiger partial charge in [-0.05, 0) is 41.9 Å². The van der Waals surface area contributed by atoms with Crippen molar-refractivity contribution in [1.29, 1.82) is 0 Å². The van der Waals surface area contributed by atoms with E-state index in [1.165, 1.54) is 12.8 Å². The number of halogens is 1. The van der Waals surface area contributed by atoms with Crippen LogP contribution in [0.25, 0.3) is 0 Å². The molecule has 0 atom stereocenters. The molecule has 0 aromatic carbocycles. The second kappa shape index (κ2) is 10.4. The first-order chi connectivity index (χ1) is 7.68. The number of hydrogen-bond acceptors (Lipinski definition) is 2. The Kier molecular flexibility index (Phi) is 10.5. The molecular formula is C13H23IO2. The van der Waals surface area contributed by atoms with Crippen LogP contribution in [0.4, 0.5) is 0 Å². The highest BCUT2D eigenvalue weighted by Crippen LogP contribution is 2.27. The molecule has 2 nitrogen and oxygen atoms in total. The fourth-order valence-corrected chi connectivity index (χ4v) is 1.70. The van der Waals surface area contributed by atoms with Crippen LogP contribution in [0.3, 0.4) is 0 Å². The summed E-state index contributed by atoms with van der Waals surface area (Å²) in [5.74, 6) is 6.36. The van der Waals surface area contributed by atoms with E-state index in [2.05, 4.69) is 41.4 Å². The average Bonchev–Trinajstić information content (AvgIpc) is 2.32. The van der Waals surface area contributed by atoms with Gasteiger partial charge in [0.05, 0.1) is 0 Å². The number of methoxy groups -OCH3 is 2. The zero-order valence-electron chi connectivity index (χ0n) is 10.6. The van der Waals surface area contributed by atoms with Gasteiger partial charge < -0.3 is 9.47 Å². The third-order valence-corrected chi connectivity index (χ3v) is 3.81. The van der Waals surface area contributed by atoms with Crippen molar-refractivity contribution in [3.8, 4) is 11.8 Å². The SMILES string of the molecule is CCCC#CCCCCCC(I)(OC)OC. The predicted octanol–water partition coefficient (Wildman–Crippen LogP) is 4.12. The highest BCUT2D eigenvalue weighted by molar-refractivity contribution is 14.1. The van der Waals surface area contributed by atoms with Gasteiger partial charge >= 0.3 is 0 Å². The molecule has 16 heavy (non-hydrogen) atoms. The van der Waals surface area contributed by atoms with E-state index in [-0.39, 0.29) is 0 Å². The Morgan fingerprint density at radius 1 is 1.00 bits per heavy atom. The Hall–Kier alpha value is 0.210. The number of ether oxygens (including phenoxy) is 2. The quantitative estimate of drug-likeness (QED) is 0.218. The topological polar surface area (TPSA) is 18.5 Å². The van der Waals surface area contributed by atoms with Crippen molar-refractivity contribution < 1.29 is 9.47 Å². The van der Waals surface area contributed by atoms with Gasteiger partial charge in [-0.25, -0.2) is 0 Å². The second-order valence-corrected chi connectivity index (χ2v) is 5.38. The van der Waals surface area contributed by atoms with Crippen LogP contribution in [0.15, 0.2) is 0 Å². The molecule has 0 aromatic heterocycles. The second-order valence-electron chi connectivity index (χ2n) is 3.73. The molecule has 0 aliphatic rings. The molecule has 0 amide bonds. The van der Waals surface area contributed by atoms with Gasteiger partial charge in [-0.15, -0.1) is 11.8 Å². The lowest BCUT2D eigenvalue weighted by molar-refractivity contribution is -0.123. The fraction of sp³-hybridized carbons (Fsp3) is 0.846. The minimum atomic E-state index is -0.439. The van der Waals surface area contributed by atoms with Crippen LogP contribution in [0.1, 0.15) is 51.9 Å². The van der Waals surface area contributed by atoms with Gasteiger partial charge in [0.2, 0.25) is 3.79 Å². The fourth-order valence-electron chi connectivity index (χ4n) is 1.32. The molecule has 0 heterocycles. The van der Waals surface area contributed by atoms with Crippen molar-refractivity contribution in [2.24, 2.45) is 0 Å². The monoisotopic (exact) mass is 338 g/mol. The summed E-state index contributed by atoms with van der Waals surface area (Å²) < 4.78 is 10.1. The molecule has 0 aromatic rings. The maximum atomic E-state index is 5.28. The highest BCUT2D eigenvalue weighted by atomic mass is 127. The molecule has 0 aliphatic heterocycles. The van der Waals surface area contributed by atoms with Crippen LogP contribution in [0.2, 0.25) is 0 Å². The third-order valence-electron chi connectivity index (χ3n) is 2.39. The van der Waals surface area contributed by atoms with Gasteiger partial charge in [0, 0.05) is 33.5 Å². The molecule has 0 aliphatic carbocycles. The summed E-state index contributed by atoms with van der Waals surface area (Å²) in [6.07, 6.45) is 7.64. The third kappa shape index (κ3) is 8.37. The van der Waals surface area contributed by atoms with Crippen molar-refractivity contribution in [2.45, 2.75) is 55.7 Å². The summed E-state index contributed by atoms with van der Waals surface area (Å²) in [4.78, 5) is 0.